The molecule has 0 rings (SSSR count). The molecule has 3 heteroatoms. The molecule has 76 valence electrons. The Hall–Kier alpha value is -0.990. The quantitative estimate of drug-likeness (QED) is 0.659. The van der Waals surface area contributed by atoms with Crippen LogP contribution in [0.15, 0.2) is 12.3 Å². The Bertz CT molecular complexity index is 166. The highest BCUT2D eigenvalue weighted by Gasteiger charge is 2.09. The third kappa shape index (κ3) is 5.28. The fraction of sp³-hybridized carbons (Fsp3) is 0.700. The minimum Gasteiger partial charge on any atom is -0.449 e. The van der Waals surface area contributed by atoms with E-state index in [-0.39, 0.29) is 6.09 Å². The lowest BCUT2D eigenvalue weighted by Crippen LogP contribution is -2.27. The molecule has 0 aliphatic carbocycles. The minimum absolute atomic E-state index is 0.256. The predicted molar refractivity (Wildman–Crippen MR) is 53.5 cm³/mol. The van der Waals surface area contributed by atoms with Crippen LogP contribution in [0.25, 0.3) is 0 Å². The number of hydrogen-bond donors (Lipinski definition) is 0. The average molecular weight is 185 g/mol. The smallest absolute Gasteiger partial charge is 0.413 e. The molecule has 0 radical (unpaired) electrons. The van der Waals surface area contributed by atoms with Crippen molar-refractivity contribution in [1.29, 1.82) is 0 Å². The Labute approximate surface area is 80.4 Å². The van der Waals surface area contributed by atoms with E-state index in [0.717, 1.165) is 19.4 Å². The van der Waals surface area contributed by atoms with E-state index in [1.54, 1.807) is 11.1 Å². The van der Waals surface area contributed by atoms with Gasteiger partial charge in [-0.2, -0.15) is 0 Å². The summed E-state index contributed by atoms with van der Waals surface area (Å²) in [4.78, 5) is 12.9. The molecule has 0 atom stereocenters. The van der Waals surface area contributed by atoms with Crippen molar-refractivity contribution in [2.75, 3.05) is 13.2 Å². The summed E-state index contributed by atoms with van der Waals surface area (Å²) in [5.74, 6) is 0. The second-order valence-electron chi connectivity index (χ2n) is 2.73. The number of hydrogen-bond acceptors (Lipinski definition) is 2. The monoisotopic (exact) mass is 185 g/mol. The fourth-order valence-electron chi connectivity index (χ4n) is 0.941. The second-order valence-corrected chi connectivity index (χ2v) is 2.73. The van der Waals surface area contributed by atoms with Crippen LogP contribution in [0.3, 0.4) is 0 Å². The van der Waals surface area contributed by atoms with E-state index in [0.29, 0.717) is 6.61 Å². The molecule has 0 aliphatic rings. The van der Waals surface area contributed by atoms with E-state index >= 15 is 0 Å². The second kappa shape index (κ2) is 7.65. The standard InChI is InChI=1S/C10H19NO2/c1-4-7-9-11(8-5-2)10(12)13-6-3/h5,8H,4,6-7,9H2,1-3H3/b8-5+. The maximum Gasteiger partial charge on any atom is 0.413 e. The van der Waals surface area contributed by atoms with E-state index in [1.807, 2.05) is 19.9 Å². The number of amides is 1. The summed E-state index contributed by atoms with van der Waals surface area (Å²) in [6.45, 7) is 6.96. The zero-order chi connectivity index (χ0) is 10.1. The number of carbonyl (C=O) groups is 1. The number of ether oxygens (including phenoxy) is 1. The zero-order valence-electron chi connectivity index (χ0n) is 8.75. The van der Waals surface area contributed by atoms with E-state index < -0.39 is 0 Å². The van der Waals surface area contributed by atoms with Crippen LogP contribution in [0.5, 0.6) is 0 Å². The molecule has 0 aromatic rings. The van der Waals surface area contributed by atoms with Gasteiger partial charge >= 0.3 is 6.09 Å². The van der Waals surface area contributed by atoms with Crippen molar-refractivity contribution in [1.82, 2.24) is 4.90 Å². The Morgan fingerprint density at radius 3 is 2.62 bits per heavy atom. The predicted octanol–water partition coefficient (Wildman–Crippen LogP) is 2.78. The van der Waals surface area contributed by atoms with Crippen LogP contribution in [0.2, 0.25) is 0 Å². The van der Waals surface area contributed by atoms with Crippen LogP contribution in [-0.2, 0) is 4.74 Å². The molecule has 13 heavy (non-hydrogen) atoms. The summed E-state index contributed by atoms with van der Waals surface area (Å²) >= 11 is 0. The van der Waals surface area contributed by atoms with Gasteiger partial charge in [0.25, 0.3) is 0 Å². The zero-order valence-corrected chi connectivity index (χ0v) is 8.75. The van der Waals surface area contributed by atoms with Crippen molar-refractivity contribution in [3.05, 3.63) is 12.3 Å². The van der Waals surface area contributed by atoms with Crippen molar-refractivity contribution in [2.45, 2.75) is 33.6 Å². The summed E-state index contributed by atoms with van der Waals surface area (Å²) in [5, 5.41) is 0. The van der Waals surface area contributed by atoms with Gasteiger partial charge < -0.3 is 4.74 Å². The molecule has 0 N–H and O–H groups in total. The topological polar surface area (TPSA) is 29.5 Å². The van der Waals surface area contributed by atoms with E-state index in [2.05, 4.69) is 6.92 Å². The lowest BCUT2D eigenvalue weighted by Gasteiger charge is -2.16. The van der Waals surface area contributed by atoms with Gasteiger partial charge in [-0.15, -0.1) is 0 Å². The van der Waals surface area contributed by atoms with Gasteiger partial charge in [-0.05, 0) is 20.3 Å². The highest BCUT2D eigenvalue weighted by Crippen LogP contribution is 1.99. The van der Waals surface area contributed by atoms with Crippen molar-refractivity contribution < 1.29 is 9.53 Å². The molecule has 0 fully saturated rings. The first-order valence-electron chi connectivity index (χ1n) is 4.82. The first-order chi connectivity index (χ1) is 6.26. The van der Waals surface area contributed by atoms with Crippen LogP contribution < -0.4 is 0 Å². The number of allylic oxidation sites excluding steroid dienone is 1. The largest absolute Gasteiger partial charge is 0.449 e. The third-order valence-corrected chi connectivity index (χ3v) is 1.58. The summed E-state index contributed by atoms with van der Waals surface area (Å²) in [6.07, 6.45) is 5.42. The number of nitrogens with zero attached hydrogens (tertiary/aromatic N) is 1. The summed E-state index contributed by atoms with van der Waals surface area (Å²) in [5.41, 5.74) is 0. The van der Waals surface area contributed by atoms with Crippen LogP contribution >= 0.6 is 0 Å². The summed E-state index contributed by atoms with van der Waals surface area (Å²) < 4.78 is 4.89. The Morgan fingerprint density at radius 2 is 2.15 bits per heavy atom. The van der Waals surface area contributed by atoms with Gasteiger partial charge in [0.15, 0.2) is 0 Å². The van der Waals surface area contributed by atoms with Crippen LogP contribution in [0, 0.1) is 0 Å². The highest BCUT2D eigenvalue weighted by molar-refractivity contribution is 5.68. The maximum absolute atomic E-state index is 11.3. The van der Waals surface area contributed by atoms with Gasteiger partial charge in [0.05, 0.1) is 6.61 Å². The molecule has 0 aromatic carbocycles. The molecular formula is C10H19NO2. The van der Waals surface area contributed by atoms with Gasteiger partial charge in [-0.3, -0.25) is 4.90 Å². The van der Waals surface area contributed by atoms with Gasteiger partial charge in [0.2, 0.25) is 0 Å². The molecule has 0 aliphatic heterocycles. The Balaban J connectivity index is 3.98. The van der Waals surface area contributed by atoms with Crippen LogP contribution in [-0.4, -0.2) is 24.1 Å². The lowest BCUT2D eigenvalue weighted by molar-refractivity contribution is 0.122. The molecule has 0 spiro atoms. The van der Waals surface area contributed by atoms with Crippen molar-refractivity contribution >= 4 is 6.09 Å². The van der Waals surface area contributed by atoms with Crippen molar-refractivity contribution in [3.8, 4) is 0 Å². The highest BCUT2D eigenvalue weighted by atomic mass is 16.6. The Kier molecular flexibility index (Phi) is 7.07. The molecule has 0 bridgehead atoms. The molecule has 0 saturated heterocycles. The normalized spacial score (nSPS) is 10.4. The van der Waals surface area contributed by atoms with Crippen LogP contribution in [0.4, 0.5) is 4.79 Å². The average Bonchev–Trinajstić information content (AvgIpc) is 2.12. The lowest BCUT2D eigenvalue weighted by atomic mass is 10.3. The molecule has 0 aromatic heterocycles. The molecule has 0 saturated carbocycles. The van der Waals surface area contributed by atoms with Gasteiger partial charge in [0, 0.05) is 12.7 Å². The molecule has 0 unspecified atom stereocenters. The van der Waals surface area contributed by atoms with Gasteiger partial charge in [-0.1, -0.05) is 19.4 Å². The van der Waals surface area contributed by atoms with E-state index in [4.69, 9.17) is 4.74 Å². The molecule has 0 heterocycles. The summed E-state index contributed by atoms with van der Waals surface area (Å²) in [6, 6.07) is 0. The van der Waals surface area contributed by atoms with E-state index in [9.17, 15) is 4.79 Å². The SMILES string of the molecule is C/C=C/N(CCCC)C(=O)OCC. The van der Waals surface area contributed by atoms with E-state index in [1.165, 1.54) is 0 Å². The van der Waals surface area contributed by atoms with Crippen molar-refractivity contribution in [2.24, 2.45) is 0 Å². The third-order valence-electron chi connectivity index (χ3n) is 1.58. The minimum atomic E-state index is -0.256. The van der Waals surface area contributed by atoms with Crippen LogP contribution in [0.1, 0.15) is 33.6 Å². The number of carbonyl (C=O) groups excluding carboxylic acids is 1. The Morgan fingerprint density at radius 1 is 1.46 bits per heavy atom. The fourth-order valence-corrected chi connectivity index (χ4v) is 0.941. The van der Waals surface area contributed by atoms with Crippen molar-refractivity contribution in [3.63, 3.8) is 0 Å². The molecular weight excluding hydrogens is 166 g/mol. The molecule has 1 amide bonds. The van der Waals surface area contributed by atoms with Gasteiger partial charge in [-0.25, -0.2) is 4.79 Å². The number of rotatable bonds is 5. The van der Waals surface area contributed by atoms with Gasteiger partial charge in [0.1, 0.15) is 0 Å². The number of unbranched alkanes of at least 4 members (excludes halogenated alkanes) is 1. The molecule has 3 nitrogen and oxygen atoms in total. The maximum atomic E-state index is 11.3. The summed E-state index contributed by atoms with van der Waals surface area (Å²) in [7, 11) is 0. The first kappa shape index (κ1) is 12.0. The first-order valence-corrected chi connectivity index (χ1v) is 4.82.